The van der Waals surface area contributed by atoms with E-state index in [0.717, 1.165) is 5.56 Å². The van der Waals surface area contributed by atoms with E-state index in [4.69, 9.17) is 5.73 Å². The molecule has 0 amide bonds. The quantitative estimate of drug-likeness (QED) is 0.889. The SMILES string of the molecule is Cc1ccc(CN)cc1S(=O)(=O)Nc1cccnc1. The highest BCUT2D eigenvalue weighted by atomic mass is 32.2. The van der Waals surface area contributed by atoms with Crippen LogP contribution >= 0.6 is 0 Å². The molecule has 0 atom stereocenters. The van der Waals surface area contributed by atoms with Crippen molar-refractivity contribution in [2.24, 2.45) is 5.73 Å². The number of hydrogen-bond acceptors (Lipinski definition) is 4. The van der Waals surface area contributed by atoms with Crippen LogP contribution in [0.3, 0.4) is 0 Å². The summed E-state index contributed by atoms with van der Waals surface area (Å²) in [7, 11) is -3.62. The van der Waals surface area contributed by atoms with Crippen molar-refractivity contribution in [3.05, 3.63) is 53.9 Å². The summed E-state index contributed by atoms with van der Waals surface area (Å²) in [5, 5.41) is 0. The molecule has 2 rings (SSSR count). The summed E-state index contributed by atoms with van der Waals surface area (Å²) in [6.07, 6.45) is 3.04. The average Bonchev–Trinajstić information content (AvgIpc) is 2.39. The van der Waals surface area contributed by atoms with E-state index in [0.29, 0.717) is 17.8 Å². The molecular formula is C13H15N3O2S. The molecule has 2 aromatic rings. The molecule has 0 radical (unpaired) electrons. The Hall–Kier alpha value is -1.92. The van der Waals surface area contributed by atoms with E-state index in [1.807, 2.05) is 6.07 Å². The van der Waals surface area contributed by atoms with Gasteiger partial charge in [-0.3, -0.25) is 9.71 Å². The molecule has 1 aromatic heterocycles. The molecule has 3 N–H and O–H groups in total. The summed E-state index contributed by atoms with van der Waals surface area (Å²) in [4.78, 5) is 4.11. The van der Waals surface area contributed by atoms with Crippen molar-refractivity contribution in [3.63, 3.8) is 0 Å². The predicted octanol–water partition coefficient (Wildman–Crippen LogP) is 1.65. The van der Waals surface area contributed by atoms with Gasteiger partial charge in [0, 0.05) is 12.7 Å². The zero-order valence-electron chi connectivity index (χ0n) is 10.5. The Labute approximate surface area is 112 Å². The van der Waals surface area contributed by atoms with E-state index in [1.54, 1.807) is 37.4 Å². The van der Waals surface area contributed by atoms with Crippen LogP contribution in [0.1, 0.15) is 11.1 Å². The summed E-state index contributed by atoms with van der Waals surface area (Å²) in [6.45, 7) is 2.05. The fraction of sp³-hybridized carbons (Fsp3) is 0.154. The highest BCUT2D eigenvalue weighted by Crippen LogP contribution is 2.20. The molecule has 100 valence electrons. The van der Waals surface area contributed by atoms with Crippen molar-refractivity contribution in [1.82, 2.24) is 4.98 Å². The molecule has 0 aliphatic heterocycles. The Kier molecular flexibility index (Phi) is 3.82. The van der Waals surface area contributed by atoms with Crippen molar-refractivity contribution in [2.75, 3.05) is 4.72 Å². The molecule has 0 unspecified atom stereocenters. The van der Waals surface area contributed by atoms with Gasteiger partial charge < -0.3 is 5.73 Å². The zero-order chi connectivity index (χ0) is 13.9. The Morgan fingerprint density at radius 2 is 2.11 bits per heavy atom. The van der Waals surface area contributed by atoms with Crippen LogP contribution in [0, 0.1) is 6.92 Å². The second-order valence-electron chi connectivity index (χ2n) is 4.15. The molecule has 0 saturated heterocycles. The first-order valence-corrected chi connectivity index (χ1v) is 7.23. The fourth-order valence-electron chi connectivity index (χ4n) is 1.69. The van der Waals surface area contributed by atoms with Crippen LogP contribution in [0.2, 0.25) is 0 Å². The van der Waals surface area contributed by atoms with Gasteiger partial charge in [0.05, 0.1) is 16.8 Å². The number of nitrogens with zero attached hydrogens (tertiary/aromatic N) is 1. The van der Waals surface area contributed by atoms with Crippen molar-refractivity contribution in [3.8, 4) is 0 Å². The number of anilines is 1. The second kappa shape index (κ2) is 5.38. The van der Waals surface area contributed by atoms with Gasteiger partial charge >= 0.3 is 0 Å². The van der Waals surface area contributed by atoms with Crippen molar-refractivity contribution in [2.45, 2.75) is 18.4 Å². The lowest BCUT2D eigenvalue weighted by Crippen LogP contribution is -2.15. The van der Waals surface area contributed by atoms with Crippen molar-refractivity contribution < 1.29 is 8.42 Å². The first kappa shape index (κ1) is 13.5. The van der Waals surface area contributed by atoms with E-state index in [9.17, 15) is 8.42 Å². The summed E-state index contributed by atoms with van der Waals surface area (Å²) in [6, 6.07) is 8.47. The Morgan fingerprint density at radius 3 is 2.74 bits per heavy atom. The van der Waals surface area contributed by atoms with Gasteiger partial charge in [-0.25, -0.2) is 8.42 Å². The van der Waals surface area contributed by atoms with Gasteiger partial charge in [-0.2, -0.15) is 0 Å². The number of aromatic nitrogens is 1. The van der Waals surface area contributed by atoms with E-state index < -0.39 is 10.0 Å². The van der Waals surface area contributed by atoms with Crippen molar-refractivity contribution >= 4 is 15.7 Å². The van der Waals surface area contributed by atoms with Gasteiger partial charge in [-0.1, -0.05) is 12.1 Å². The molecule has 6 heteroatoms. The zero-order valence-corrected chi connectivity index (χ0v) is 11.3. The Bertz CT molecular complexity index is 670. The summed E-state index contributed by atoms with van der Waals surface area (Å²) in [5.74, 6) is 0. The number of nitrogens with one attached hydrogen (secondary N) is 1. The minimum Gasteiger partial charge on any atom is -0.326 e. The molecule has 0 spiro atoms. The molecule has 0 fully saturated rings. The standard InChI is InChI=1S/C13H15N3O2S/c1-10-4-5-11(8-14)7-13(10)19(17,18)16-12-3-2-6-15-9-12/h2-7,9,16H,8,14H2,1H3. The number of rotatable bonds is 4. The lowest BCUT2D eigenvalue weighted by molar-refractivity contribution is 0.600. The number of pyridine rings is 1. The second-order valence-corrected chi connectivity index (χ2v) is 5.80. The lowest BCUT2D eigenvalue weighted by atomic mass is 10.1. The first-order valence-electron chi connectivity index (χ1n) is 5.75. The fourth-order valence-corrected chi connectivity index (χ4v) is 3.03. The number of benzene rings is 1. The number of nitrogens with two attached hydrogens (primary N) is 1. The first-order chi connectivity index (χ1) is 9.03. The van der Waals surface area contributed by atoms with Crippen LogP contribution in [0.25, 0.3) is 0 Å². The van der Waals surface area contributed by atoms with Gasteiger partial charge in [0.15, 0.2) is 0 Å². The van der Waals surface area contributed by atoms with Crippen LogP contribution in [0.15, 0.2) is 47.6 Å². The highest BCUT2D eigenvalue weighted by Gasteiger charge is 2.17. The smallest absolute Gasteiger partial charge is 0.262 e. The Balaban J connectivity index is 2.39. The monoisotopic (exact) mass is 277 g/mol. The maximum atomic E-state index is 12.3. The Morgan fingerprint density at radius 1 is 1.32 bits per heavy atom. The van der Waals surface area contributed by atoms with Crippen LogP contribution in [-0.4, -0.2) is 13.4 Å². The normalized spacial score (nSPS) is 11.3. The maximum absolute atomic E-state index is 12.3. The summed E-state index contributed by atoms with van der Waals surface area (Å²) < 4.78 is 27.1. The van der Waals surface area contributed by atoms with E-state index in [2.05, 4.69) is 9.71 Å². The molecule has 0 bridgehead atoms. The molecular weight excluding hydrogens is 262 g/mol. The number of sulfonamides is 1. The average molecular weight is 277 g/mol. The third-order valence-corrected chi connectivity index (χ3v) is 4.21. The van der Waals surface area contributed by atoms with Crippen LogP contribution in [0.4, 0.5) is 5.69 Å². The molecule has 0 saturated carbocycles. The summed E-state index contributed by atoms with van der Waals surface area (Å²) >= 11 is 0. The molecule has 1 heterocycles. The molecule has 0 aliphatic rings. The predicted molar refractivity (Wildman–Crippen MR) is 74.1 cm³/mol. The molecule has 1 aromatic carbocycles. The molecule has 19 heavy (non-hydrogen) atoms. The third-order valence-electron chi connectivity index (χ3n) is 2.69. The van der Waals surface area contributed by atoms with Crippen LogP contribution < -0.4 is 10.5 Å². The van der Waals surface area contributed by atoms with Gasteiger partial charge in [0.1, 0.15) is 0 Å². The van der Waals surface area contributed by atoms with Gasteiger partial charge in [-0.05, 0) is 36.2 Å². The van der Waals surface area contributed by atoms with E-state index in [-0.39, 0.29) is 4.90 Å². The number of aryl methyl sites for hydroxylation is 1. The van der Waals surface area contributed by atoms with Crippen LogP contribution in [-0.2, 0) is 16.6 Å². The maximum Gasteiger partial charge on any atom is 0.262 e. The van der Waals surface area contributed by atoms with E-state index >= 15 is 0 Å². The minimum absolute atomic E-state index is 0.235. The third kappa shape index (κ3) is 3.10. The molecule has 5 nitrogen and oxygen atoms in total. The topological polar surface area (TPSA) is 85.1 Å². The minimum atomic E-state index is -3.62. The largest absolute Gasteiger partial charge is 0.326 e. The van der Waals surface area contributed by atoms with Crippen LogP contribution in [0.5, 0.6) is 0 Å². The number of hydrogen-bond donors (Lipinski definition) is 2. The molecule has 0 aliphatic carbocycles. The summed E-state index contributed by atoms with van der Waals surface area (Å²) in [5.41, 5.74) is 7.42. The van der Waals surface area contributed by atoms with Gasteiger partial charge in [-0.15, -0.1) is 0 Å². The highest BCUT2D eigenvalue weighted by molar-refractivity contribution is 7.92. The van der Waals surface area contributed by atoms with Gasteiger partial charge in [0.2, 0.25) is 0 Å². The van der Waals surface area contributed by atoms with E-state index in [1.165, 1.54) is 6.20 Å². The lowest BCUT2D eigenvalue weighted by Gasteiger charge is -2.11. The van der Waals surface area contributed by atoms with Crippen molar-refractivity contribution in [1.29, 1.82) is 0 Å². The van der Waals surface area contributed by atoms with Gasteiger partial charge in [0.25, 0.3) is 10.0 Å².